The Morgan fingerprint density at radius 1 is 1.04 bits per heavy atom. The Kier molecular flexibility index (Phi) is 5.87. The fraction of sp³-hybridized carbons (Fsp3) is 0.409. The number of halogens is 1. The molecular weight excluding hydrogens is 418 g/mol. The van der Waals surface area contributed by atoms with E-state index in [2.05, 4.69) is 50.4 Å². The molecule has 6 heteroatoms. The third kappa shape index (κ3) is 4.18. The first-order valence-electron chi connectivity index (χ1n) is 9.83. The van der Waals surface area contributed by atoms with Gasteiger partial charge in [0.15, 0.2) is 0 Å². The number of carbonyl (C=O) groups excluding carboxylic acids is 1. The van der Waals surface area contributed by atoms with E-state index in [0.717, 1.165) is 54.9 Å². The predicted molar refractivity (Wildman–Crippen MR) is 115 cm³/mol. The van der Waals surface area contributed by atoms with Gasteiger partial charge in [-0.2, -0.15) is 0 Å². The lowest BCUT2D eigenvalue weighted by molar-refractivity contribution is 0.0272. The Morgan fingerprint density at radius 3 is 2.46 bits per heavy atom. The molecule has 5 nitrogen and oxygen atoms in total. The minimum atomic E-state index is -0.0199. The van der Waals surface area contributed by atoms with Gasteiger partial charge in [0.2, 0.25) is 0 Å². The molecule has 148 valence electrons. The third-order valence-electron chi connectivity index (χ3n) is 5.82. The Bertz CT molecular complexity index is 810. The first-order valence-corrected chi connectivity index (χ1v) is 10.6. The monoisotopic (exact) mass is 443 g/mol. The molecule has 0 aliphatic carbocycles. The molecule has 2 aliphatic heterocycles. The van der Waals surface area contributed by atoms with Gasteiger partial charge in [-0.05, 0) is 61.3 Å². The van der Waals surface area contributed by atoms with E-state index in [0.29, 0.717) is 12.0 Å². The van der Waals surface area contributed by atoms with Crippen LogP contribution < -0.4 is 10.1 Å². The summed E-state index contributed by atoms with van der Waals surface area (Å²) in [4.78, 5) is 17.4. The smallest absolute Gasteiger partial charge is 0.321 e. The highest BCUT2D eigenvalue weighted by Gasteiger charge is 2.41. The number of fused-ring (bicyclic) bond motifs is 1. The number of urea groups is 1. The molecule has 2 aromatic rings. The van der Waals surface area contributed by atoms with E-state index in [-0.39, 0.29) is 6.03 Å². The van der Waals surface area contributed by atoms with Crippen molar-refractivity contribution in [1.29, 1.82) is 0 Å². The van der Waals surface area contributed by atoms with Crippen molar-refractivity contribution in [1.82, 2.24) is 9.80 Å². The Hall–Kier alpha value is -2.05. The fourth-order valence-corrected chi connectivity index (χ4v) is 4.42. The number of nitrogens with zero attached hydrogens (tertiary/aromatic N) is 2. The number of hydrogen-bond donors (Lipinski definition) is 1. The highest BCUT2D eigenvalue weighted by molar-refractivity contribution is 9.10. The van der Waals surface area contributed by atoms with Crippen LogP contribution in [0.4, 0.5) is 10.5 Å². The van der Waals surface area contributed by atoms with Crippen LogP contribution in [0.5, 0.6) is 5.75 Å². The van der Waals surface area contributed by atoms with E-state index in [4.69, 9.17) is 4.74 Å². The molecule has 2 heterocycles. The van der Waals surface area contributed by atoms with Crippen molar-refractivity contribution < 1.29 is 9.53 Å². The summed E-state index contributed by atoms with van der Waals surface area (Å²) in [6.45, 7) is 3.79. The van der Waals surface area contributed by atoms with Crippen LogP contribution in [0.3, 0.4) is 0 Å². The number of ether oxygens (including phenoxy) is 1. The van der Waals surface area contributed by atoms with E-state index in [1.165, 1.54) is 5.56 Å². The van der Waals surface area contributed by atoms with E-state index in [1.807, 2.05) is 29.2 Å². The minimum absolute atomic E-state index is 0.0199. The van der Waals surface area contributed by atoms with Gasteiger partial charge < -0.3 is 15.0 Å². The van der Waals surface area contributed by atoms with E-state index in [9.17, 15) is 4.79 Å². The van der Waals surface area contributed by atoms with Crippen LogP contribution in [-0.2, 0) is 0 Å². The number of anilines is 1. The number of rotatable bonds is 3. The molecule has 2 amide bonds. The third-order valence-corrected chi connectivity index (χ3v) is 6.35. The topological polar surface area (TPSA) is 44.8 Å². The first kappa shape index (κ1) is 19.3. The van der Waals surface area contributed by atoms with Crippen LogP contribution in [0.1, 0.15) is 24.3 Å². The second kappa shape index (κ2) is 8.53. The molecule has 2 aliphatic rings. The number of benzene rings is 2. The van der Waals surface area contributed by atoms with Crippen LogP contribution in [0.25, 0.3) is 0 Å². The van der Waals surface area contributed by atoms with Crippen molar-refractivity contribution in [2.24, 2.45) is 0 Å². The largest absolute Gasteiger partial charge is 0.497 e. The van der Waals surface area contributed by atoms with Gasteiger partial charge >= 0.3 is 6.03 Å². The Morgan fingerprint density at radius 2 is 1.75 bits per heavy atom. The summed E-state index contributed by atoms with van der Waals surface area (Å²) in [5, 5.41) is 3.04. The van der Waals surface area contributed by atoms with Crippen LogP contribution in [0.15, 0.2) is 53.0 Å². The highest BCUT2D eigenvalue weighted by Crippen LogP contribution is 2.36. The Balaban J connectivity index is 1.44. The first-order chi connectivity index (χ1) is 13.6. The van der Waals surface area contributed by atoms with Gasteiger partial charge in [0.25, 0.3) is 0 Å². The molecule has 1 N–H and O–H groups in total. The maximum Gasteiger partial charge on any atom is 0.321 e. The second-order valence-electron chi connectivity index (χ2n) is 7.53. The number of methoxy groups -OCH3 is 1. The summed E-state index contributed by atoms with van der Waals surface area (Å²) in [6.07, 6.45) is 2.18. The highest BCUT2D eigenvalue weighted by atomic mass is 79.9. The molecule has 0 unspecified atom stereocenters. The second-order valence-corrected chi connectivity index (χ2v) is 8.45. The normalized spacial score (nSPS) is 22.4. The molecule has 28 heavy (non-hydrogen) atoms. The standard InChI is InChI=1S/C22H26BrN3O2/c1-28-19-10-8-18(9-11-19)24-22(27)26-13-3-2-12-25-14-20(21(25)15-26)16-4-6-17(23)7-5-16/h4-11,20-21H,2-3,12-15H2,1H3,(H,24,27)/t20-,21+/m1/s1. The molecule has 2 saturated heterocycles. The van der Waals surface area contributed by atoms with Crippen molar-refractivity contribution in [3.8, 4) is 5.75 Å². The minimum Gasteiger partial charge on any atom is -0.497 e. The van der Waals surface area contributed by atoms with Gasteiger partial charge in [-0.25, -0.2) is 4.79 Å². The van der Waals surface area contributed by atoms with Crippen molar-refractivity contribution >= 4 is 27.6 Å². The molecular formula is C22H26BrN3O2. The lowest BCUT2D eigenvalue weighted by atomic mass is 9.81. The van der Waals surface area contributed by atoms with Crippen molar-refractivity contribution in [3.05, 3.63) is 58.6 Å². The molecule has 0 spiro atoms. The summed E-state index contributed by atoms with van der Waals surface area (Å²) in [5.41, 5.74) is 2.16. The van der Waals surface area contributed by atoms with Crippen molar-refractivity contribution in [3.63, 3.8) is 0 Å². The van der Waals surface area contributed by atoms with Crippen LogP contribution in [0.2, 0.25) is 0 Å². The maximum atomic E-state index is 12.9. The number of amides is 2. The quantitative estimate of drug-likeness (QED) is 0.756. The lowest BCUT2D eigenvalue weighted by Gasteiger charge is -2.51. The average molecular weight is 444 g/mol. The lowest BCUT2D eigenvalue weighted by Crippen LogP contribution is -2.61. The molecule has 4 rings (SSSR count). The predicted octanol–water partition coefficient (Wildman–Crippen LogP) is 4.55. The van der Waals surface area contributed by atoms with E-state index < -0.39 is 0 Å². The van der Waals surface area contributed by atoms with Crippen LogP contribution >= 0.6 is 15.9 Å². The van der Waals surface area contributed by atoms with Gasteiger partial charge in [-0.3, -0.25) is 4.90 Å². The Labute approximate surface area is 174 Å². The van der Waals surface area contributed by atoms with Crippen molar-refractivity contribution in [2.45, 2.75) is 24.8 Å². The van der Waals surface area contributed by atoms with Gasteiger partial charge in [0.1, 0.15) is 5.75 Å². The zero-order valence-electron chi connectivity index (χ0n) is 16.1. The molecule has 0 saturated carbocycles. The van der Waals surface area contributed by atoms with Crippen LogP contribution in [-0.4, -0.2) is 55.2 Å². The fourth-order valence-electron chi connectivity index (χ4n) is 4.16. The summed E-state index contributed by atoms with van der Waals surface area (Å²) in [6, 6.07) is 16.5. The summed E-state index contributed by atoms with van der Waals surface area (Å²) in [5.74, 6) is 1.27. The molecule has 2 atom stereocenters. The molecule has 2 aromatic carbocycles. The zero-order chi connectivity index (χ0) is 19.5. The van der Waals surface area contributed by atoms with Gasteiger partial charge in [0, 0.05) is 41.8 Å². The van der Waals surface area contributed by atoms with Gasteiger partial charge in [-0.1, -0.05) is 28.1 Å². The number of carbonyl (C=O) groups is 1. The van der Waals surface area contributed by atoms with Crippen molar-refractivity contribution in [2.75, 3.05) is 38.6 Å². The van der Waals surface area contributed by atoms with E-state index in [1.54, 1.807) is 7.11 Å². The maximum absolute atomic E-state index is 12.9. The molecule has 0 aromatic heterocycles. The number of hydrogen-bond acceptors (Lipinski definition) is 3. The molecule has 0 radical (unpaired) electrons. The summed E-state index contributed by atoms with van der Waals surface area (Å²) in [7, 11) is 1.64. The SMILES string of the molecule is COc1ccc(NC(=O)N2CCCCN3C[C@H](c4ccc(Br)cc4)[C@@H]3C2)cc1. The average Bonchev–Trinajstić information content (AvgIpc) is 2.69. The van der Waals surface area contributed by atoms with Gasteiger partial charge in [-0.15, -0.1) is 0 Å². The zero-order valence-corrected chi connectivity index (χ0v) is 17.7. The summed E-state index contributed by atoms with van der Waals surface area (Å²) < 4.78 is 6.29. The molecule has 0 bridgehead atoms. The number of nitrogens with one attached hydrogen (secondary N) is 1. The van der Waals surface area contributed by atoms with Gasteiger partial charge in [0.05, 0.1) is 7.11 Å². The van der Waals surface area contributed by atoms with Crippen LogP contribution in [0, 0.1) is 0 Å². The summed E-state index contributed by atoms with van der Waals surface area (Å²) >= 11 is 3.52. The van der Waals surface area contributed by atoms with E-state index >= 15 is 0 Å². The molecule has 2 fully saturated rings.